The summed E-state index contributed by atoms with van der Waals surface area (Å²) in [4.78, 5) is 37.7. The van der Waals surface area contributed by atoms with Crippen LogP contribution in [0.2, 0.25) is 0 Å². The Kier molecular flexibility index (Phi) is 4.68. The molecule has 1 aliphatic carbocycles. The zero-order valence-electron chi connectivity index (χ0n) is 17.3. The van der Waals surface area contributed by atoms with Gasteiger partial charge in [0, 0.05) is 23.1 Å². The number of phenolic OH excluding ortho intramolecular Hbond substituents is 1. The molecule has 32 heavy (non-hydrogen) atoms. The topological polar surface area (TPSA) is 160 Å². The van der Waals surface area contributed by atoms with Gasteiger partial charge in [-0.15, -0.1) is 0 Å². The van der Waals surface area contributed by atoms with Crippen molar-refractivity contribution in [3.63, 3.8) is 0 Å². The second kappa shape index (κ2) is 7.11. The van der Waals surface area contributed by atoms with Crippen LogP contribution in [0.5, 0.6) is 5.75 Å². The number of hydrogen-bond acceptors (Lipinski definition) is 10. The largest absolute Gasteiger partial charge is 0.507 e. The number of Topliss-reactive ketones (excluding diaryl/α,β-unsaturated/α-hetero) is 2. The first-order chi connectivity index (χ1) is 15.1. The first-order valence-electron chi connectivity index (χ1n) is 10.4. The number of ether oxygens (including phenoxy) is 3. The number of benzene rings is 1. The fourth-order valence-corrected chi connectivity index (χ4v) is 5.07. The summed E-state index contributed by atoms with van der Waals surface area (Å²) in [6.07, 6.45) is -6.63. The lowest BCUT2D eigenvalue weighted by molar-refractivity contribution is -0.153. The minimum atomic E-state index is -1.22. The van der Waals surface area contributed by atoms with Gasteiger partial charge < -0.3 is 34.6 Å². The van der Waals surface area contributed by atoms with Gasteiger partial charge in [-0.1, -0.05) is 0 Å². The number of carbonyl (C=O) groups is 3. The normalized spacial score (nSPS) is 36.5. The van der Waals surface area contributed by atoms with Crippen LogP contribution in [-0.2, 0) is 23.8 Å². The Balaban J connectivity index is 1.67. The van der Waals surface area contributed by atoms with Crippen molar-refractivity contribution < 1.29 is 49.0 Å². The molecule has 4 N–H and O–H groups in total. The van der Waals surface area contributed by atoms with E-state index in [2.05, 4.69) is 0 Å². The molecule has 0 unspecified atom stereocenters. The second-order valence-corrected chi connectivity index (χ2v) is 8.63. The van der Waals surface area contributed by atoms with Crippen LogP contribution in [-0.4, -0.2) is 68.5 Å². The quantitative estimate of drug-likeness (QED) is 0.358. The molecule has 4 aliphatic rings. The Bertz CT molecular complexity index is 1080. The van der Waals surface area contributed by atoms with Crippen LogP contribution in [0.15, 0.2) is 11.6 Å². The molecule has 3 heterocycles. The SMILES string of the molecule is C[C@@H]1O[C@@H]2CC(=O)O[C@@H]2c2cc3c(c(O)c21)C(=O)C(=O)C([C@@H]1C[C@H](O)[C@H](O)[C@H](C)O1)=C3O. The van der Waals surface area contributed by atoms with Gasteiger partial charge >= 0.3 is 5.97 Å². The van der Waals surface area contributed by atoms with Crippen LogP contribution in [0.4, 0.5) is 0 Å². The van der Waals surface area contributed by atoms with E-state index in [4.69, 9.17) is 14.2 Å². The number of aliphatic hydroxyl groups excluding tert-OH is 3. The number of ketones is 2. The molecule has 0 aromatic heterocycles. The Morgan fingerprint density at radius 1 is 1.03 bits per heavy atom. The van der Waals surface area contributed by atoms with Crippen molar-refractivity contribution in [2.75, 3.05) is 0 Å². The first kappa shape index (κ1) is 21.1. The van der Waals surface area contributed by atoms with Crippen LogP contribution in [0.3, 0.4) is 0 Å². The average Bonchev–Trinajstić information content (AvgIpc) is 3.10. The summed E-state index contributed by atoms with van der Waals surface area (Å²) in [6.45, 7) is 3.14. The minimum Gasteiger partial charge on any atom is -0.507 e. The third-order valence-electron chi connectivity index (χ3n) is 6.65. The zero-order chi connectivity index (χ0) is 23.1. The van der Waals surface area contributed by atoms with Crippen LogP contribution < -0.4 is 0 Å². The molecule has 0 amide bonds. The Labute approximate surface area is 182 Å². The number of rotatable bonds is 1. The molecule has 0 saturated carbocycles. The van der Waals surface area contributed by atoms with E-state index < -0.39 is 71.8 Å². The van der Waals surface area contributed by atoms with Crippen LogP contribution in [0.1, 0.15) is 65.9 Å². The highest BCUT2D eigenvalue weighted by Crippen LogP contribution is 2.50. The maximum absolute atomic E-state index is 13.0. The molecule has 7 atom stereocenters. The maximum atomic E-state index is 13.0. The molecule has 1 aromatic rings. The highest BCUT2D eigenvalue weighted by atomic mass is 16.6. The van der Waals surface area contributed by atoms with Crippen molar-refractivity contribution in [3.8, 4) is 5.75 Å². The van der Waals surface area contributed by atoms with Gasteiger partial charge in [-0.2, -0.15) is 0 Å². The second-order valence-electron chi connectivity index (χ2n) is 8.63. The first-order valence-corrected chi connectivity index (χ1v) is 10.4. The van der Waals surface area contributed by atoms with Gasteiger partial charge in [-0.25, -0.2) is 0 Å². The van der Waals surface area contributed by atoms with E-state index in [0.717, 1.165) is 0 Å². The molecule has 0 radical (unpaired) electrons. The van der Waals surface area contributed by atoms with Crippen molar-refractivity contribution >= 4 is 23.3 Å². The predicted molar refractivity (Wildman–Crippen MR) is 105 cm³/mol. The number of esters is 1. The molecule has 10 heteroatoms. The summed E-state index contributed by atoms with van der Waals surface area (Å²) in [5.74, 6) is -3.66. The third-order valence-corrected chi connectivity index (χ3v) is 6.65. The van der Waals surface area contributed by atoms with Crippen molar-refractivity contribution in [1.29, 1.82) is 0 Å². The van der Waals surface area contributed by atoms with Gasteiger partial charge in [0.05, 0.1) is 42.0 Å². The van der Waals surface area contributed by atoms with Gasteiger partial charge in [0.15, 0.2) is 6.10 Å². The number of aromatic hydroxyl groups is 1. The minimum absolute atomic E-state index is 0.0325. The molecule has 170 valence electrons. The third kappa shape index (κ3) is 2.83. The Morgan fingerprint density at radius 3 is 2.44 bits per heavy atom. The van der Waals surface area contributed by atoms with E-state index in [9.17, 15) is 34.8 Å². The molecular weight excluding hydrogens is 424 g/mol. The monoisotopic (exact) mass is 446 g/mol. The fourth-order valence-electron chi connectivity index (χ4n) is 5.07. The number of carbonyl (C=O) groups excluding carboxylic acids is 3. The van der Waals surface area contributed by atoms with Crippen molar-refractivity contribution in [2.45, 2.75) is 69.4 Å². The van der Waals surface area contributed by atoms with Crippen molar-refractivity contribution in [1.82, 2.24) is 0 Å². The molecule has 0 spiro atoms. The van der Waals surface area contributed by atoms with Crippen molar-refractivity contribution in [2.24, 2.45) is 0 Å². The van der Waals surface area contributed by atoms with Gasteiger partial charge in [0.25, 0.3) is 0 Å². The van der Waals surface area contributed by atoms with Crippen LogP contribution in [0.25, 0.3) is 5.76 Å². The number of aliphatic hydroxyl groups is 3. The lowest BCUT2D eigenvalue weighted by Crippen LogP contribution is -2.49. The van der Waals surface area contributed by atoms with Gasteiger partial charge in [-0.05, 0) is 19.9 Å². The average molecular weight is 446 g/mol. The molecule has 2 fully saturated rings. The summed E-state index contributed by atoms with van der Waals surface area (Å²) >= 11 is 0. The van der Waals surface area contributed by atoms with E-state index in [1.165, 1.54) is 13.0 Å². The summed E-state index contributed by atoms with van der Waals surface area (Å²) in [6, 6.07) is 1.43. The lowest BCUT2D eigenvalue weighted by atomic mass is 9.79. The summed E-state index contributed by atoms with van der Waals surface area (Å²) in [5, 5.41) is 42.0. The molecule has 1 aromatic carbocycles. The van der Waals surface area contributed by atoms with E-state index in [0.29, 0.717) is 5.56 Å². The highest BCUT2D eigenvalue weighted by molar-refractivity contribution is 6.53. The Morgan fingerprint density at radius 2 is 1.75 bits per heavy atom. The van der Waals surface area contributed by atoms with Crippen LogP contribution >= 0.6 is 0 Å². The standard InChI is InChI=1S/C22H22O10/c1-6-14-9(22-12(30-6)5-13(24)32-22)3-8-15(19(14)27)20(28)21(29)16(18(8)26)11-4-10(23)17(25)7(2)31-11/h3,6-7,10-12,17,22-23,25-27H,4-5H2,1-2H3/t6-,7-,10-,11-,12+,17+,22+/m0/s1. The number of hydrogen-bond donors (Lipinski definition) is 4. The van der Waals surface area contributed by atoms with E-state index in [-0.39, 0.29) is 35.1 Å². The summed E-state index contributed by atoms with van der Waals surface area (Å²) < 4.78 is 16.7. The van der Waals surface area contributed by atoms with E-state index in [1.54, 1.807) is 6.92 Å². The number of phenols is 1. The fraction of sp³-hybridized carbons (Fsp3) is 0.500. The lowest BCUT2D eigenvalue weighted by Gasteiger charge is -2.37. The predicted octanol–water partition coefficient (Wildman–Crippen LogP) is 0.774. The van der Waals surface area contributed by atoms with Crippen LogP contribution in [0, 0.1) is 0 Å². The highest BCUT2D eigenvalue weighted by Gasteiger charge is 2.48. The molecule has 3 aliphatic heterocycles. The molecule has 10 nitrogen and oxygen atoms in total. The molecule has 0 bridgehead atoms. The summed E-state index contributed by atoms with van der Waals surface area (Å²) in [7, 11) is 0. The smallest absolute Gasteiger partial charge is 0.309 e. The maximum Gasteiger partial charge on any atom is 0.309 e. The Hall–Kier alpha value is -2.79. The van der Waals surface area contributed by atoms with E-state index >= 15 is 0 Å². The van der Waals surface area contributed by atoms with Gasteiger partial charge in [0.2, 0.25) is 11.6 Å². The number of fused-ring (bicyclic) bond motifs is 4. The zero-order valence-corrected chi connectivity index (χ0v) is 17.3. The molecular formula is C22H22O10. The molecule has 5 rings (SSSR count). The van der Waals surface area contributed by atoms with Gasteiger partial charge in [0.1, 0.15) is 23.7 Å². The summed E-state index contributed by atoms with van der Waals surface area (Å²) in [5.41, 5.74) is -0.193. The molecule has 2 saturated heterocycles. The van der Waals surface area contributed by atoms with Gasteiger partial charge in [-0.3, -0.25) is 14.4 Å². The van der Waals surface area contributed by atoms with E-state index in [1.807, 2.05) is 0 Å². The van der Waals surface area contributed by atoms with Crippen molar-refractivity contribution in [3.05, 3.63) is 33.9 Å².